The number of carbonyl (C=O) groups excluding carboxylic acids is 3. The molecule has 4 aliphatic rings. The molecule has 1 aromatic heterocycles. The topological polar surface area (TPSA) is 144 Å². The van der Waals surface area contributed by atoms with E-state index in [0.29, 0.717) is 53.5 Å². The molecule has 11 nitrogen and oxygen atoms in total. The van der Waals surface area contributed by atoms with Crippen molar-refractivity contribution >= 4 is 50.2 Å². The quantitative estimate of drug-likeness (QED) is 0.428. The van der Waals surface area contributed by atoms with Gasteiger partial charge in [-0.05, 0) is 70.4 Å². The van der Waals surface area contributed by atoms with Crippen LogP contribution in [0.3, 0.4) is 0 Å². The number of benzene rings is 1. The van der Waals surface area contributed by atoms with Crippen LogP contribution < -0.4 is 19.5 Å². The number of aromatic nitrogens is 1. The summed E-state index contributed by atoms with van der Waals surface area (Å²) in [5.74, 6) is -2.32. The zero-order valence-electron chi connectivity index (χ0n) is 25.5. The summed E-state index contributed by atoms with van der Waals surface area (Å²) < 4.78 is 39.7. The number of halogens is 1. The Labute approximate surface area is 268 Å². The van der Waals surface area contributed by atoms with Gasteiger partial charge in [0.1, 0.15) is 17.4 Å². The van der Waals surface area contributed by atoms with E-state index in [1.807, 2.05) is 25.1 Å². The number of nitrogens with one attached hydrogen (secondary N) is 2. The van der Waals surface area contributed by atoms with Gasteiger partial charge in [0, 0.05) is 31.0 Å². The summed E-state index contributed by atoms with van der Waals surface area (Å²) in [4.78, 5) is 47.5. The van der Waals surface area contributed by atoms with E-state index < -0.39 is 50.6 Å². The molecule has 2 heterocycles. The molecule has 3 aliphatic carbocycles. The number of hydrogen-bond donors (Lipinski definition) is 2. The molecule has 5 atom stereocenters. The number of hydrogen-bond acceptors (Lipinski definition) is 8. The third-order valence-electron chi connectivity index (χ3n) is 9.31. The van der Waals surface area contributed by atoms with Gasteiger partial charge in [-0.25, -0.2) is 13.4 Å². The fourth-order valence-electron chi connectivity index (χ4n) is 6.55. The van der Waals surface area contributed by atoms with E-state index in [0.717, 1.165) is 19.3 Å². The number of pyridine rings is 1. The Kier molecular flexibility index (Phi) is 8.73. The number of fused-ring (bicyclic) bond motifs is 3. The maximum atomic E-state index is 14.0. The number of allylic oxidation sites excluding steroid dienone is 1. The first-order chi connectivity index (χ1) is 21.5. The van der Waals surface area contributed by atoms with Crippen molar-refractivity contribution < 1.29 is 32.3 Å². The Morgan fingerprint density at radius 3 is 2.73 bits per heavy atom. The van der Waals surface area contributed by atoms with Gasteiger partial charge in [-0.2, -0.15) is 0 Å². The average molecular weight is 659 g/mol. The second kappa shape index (κ2) is 12.4. The van der Waals surface area contributed by atoms with Crippen LogP contribution in [-0.4, -0.2) is 73.1 Å². The Morgan fingerprint density at radius 1 is 1.20 bits per heavy atom. The van der Waals surface area contributed by atoms with E-state index in [1.54, 1.807) is 30.1 Å². The Balaban J connectivity index is 1.29. The molecule has 6 rings (SSSR count). The molecule has 3 fully saturated rings. The summed E-state index contributed by atoms with van der Waals surface area (Å²) in [6, 6.07) is 7.06. The summed E-state index contributed by atoms with van der Waals surface area (Å²) in [5, 5.41) is 3.46. The van der Waals surface area contributed by atoms with Crippen LogP contribution in [0.15, 0.2) is 36.4 Å². The highest BCUT2D eigenvalue weighted by Gasteiger charge is 2.62. The van der Waals surface area contributed by atoms with Gasteiger partial charge in [0.25, 0.3) is 5.91 Å². The number of rotatable bonds is 7. The van der Waals surface area contributed by atoms with Crippen molar-refractivity contribution in [1.82, 2.24) is 19.9 Å². The molecule has 1 aliphatic heterocycles. The minimum absolute atomic E-state index is 0.159. The first-order valence-electron chi connectivity index (χ1n) is 15.7. The lowest BCUT2D eigenvalue weighted by molar-refractivity contribution is -0.140. The average Bonchev–Trinajstić information content (AvgIpc) is 3.92. The van der Waals surface area contributed by atoms with Crippen molar-refractivity contribution in [3.05, 3.63) is 41.4 Å². The molecular weight excluding hydrogens is 620 g/mol. The number of ether oxygens (including phenoxy) is 2. The van der Waals surface area contributed by atoms with Gasteiger partial charge < -0.3 is 19.7 Å². The van der Waals surface area contributed by atoms with Crippen molar-refractivity contribution in [1.29, 1.82) is 0 Å². The first-order valence-corrected chi connectivity index (χ1v) is 17.6. The lowest BCUT2D eigenvalue weighted by Gasteiger charge is -2.26. The molecule has 2 N–H and O–H groups in total. The first kappa shape index (κ1) is 31.6. The minimum Gasteiger partial charge on any atom is -0.489 e. The van der Waals surface area contributed by atoms with Crippen LogP contribution in [0, 0.1) is 17.8 Å². The number of nitrogens with zero attached hydrogens (tertiary/aromatic N) is 2. The van der Waals surface area contributed by atoms with E-state index in [2.05, 4.69) is 15.0 Å². The molecule has 2 aromatic rings. The maximum Gasteiger partial charge on any atom is 0.259 e. The van der Waals surface area contributed by atoms with Gasteiger partial charge in [0.15, 0.2) is 0 Å². The van der Waals surface area contributed by atoms with Crippen molar-refractivity contribution in [2.75, 3.05) is 20.2 Å². The van der Waals surface area contributed by atoms with Crippen LogP contribution in [0.2, 0.25) is 5.02 Å². The van der Waals surface area contributed by atoms with Crippen molar-refractivity contribution in [3.8, 4) is 11.6 Å². The minimum atomic E-state index is -3.81. The highest BCUT2D eigenvalue weighted by atomic mass is 35.5. The third kappa shape index (κ3) is 6.49. The number of sulfonamides is 1. The van der Waals surface area contributed by atoms with E-state index in [4.69, 9.17) is 21.1 Å². The summed E-state index contributed by atoms with van der Waals surface area (Å²) in [7, 11) is -2.07. The van der Waals surface area contributed by atoms with Gasteiger partial charge in [-0.1, -0.05) is 29.8 Å². The Hall–Kier alpha value is -3.38. The van der Waals surface area contributed by atoms with Gasteiger partial charge in [0.05, 0.1) is 34.2 Å². The summed E-state index contributed by atoms with van der Waals surface area (Å²) >= 11 is 6.45. The summed E-state index contributed by atoms with van der Waals surface area (Å²) in [5.41, 5.74) is -0.866. The van der Waals surface area contributed by atoms with Crippen LogP contribution in [-0.2, 0) is 24.4 Å². The van der Waals surface area contributed by atoms with E-state index in [1.165, 1.54) is 0 Å². The zero-order chi connectivity index (χ0) is 31.9. The van der Waals surface area contributed by atoms with Crippen molar-refractivity contribution in [3.63, 3.8) is 0 Å². The van der Waals surface area contributed by atoms with Crippen LogP contribution in [0.5, 0.6) is 11.6 Å². The van der Waals surface area contributed by atoms with Crippen molar-refractivity contribution in [2.24, 2.45) is 17.8 Å². The molecule has 3 saturated carbocycles. The molecule has 0 spiro atoms. The van der Waals surface area contributed by atoms with E-state index in [9.17, 15) is 22.8 Å². The molecule has 45 heavy (non-hydrogen) atoms. The molecule has 0 bridgehead atoms. The largest absolute Gasteiger partial charge is 0.489 e. The lowest BCUT2D eigenvalue weighted by atomic mass is 9.93. The van der Waals surface area contributed by atoms with Gasteiger partial charge in [-0.3, -0.25) is 19.1 Å². The van der Waals surface area contributed by atoms with Crippen LogP contribution in [0.25, 0.3) is 10.9 Å². The molecule has 13 heteroatoms. The van der Waals surface area contributed by atoms with Crippen molar-refractivity contribution in [2.45, 2.75) is 75.2 Å². The molecule has 1 aromatic carbocycles. The summed E-state index contributed by atoms with van der Waals surface area (Å²) in [6.07, 6.45) is 7.57. The Morgan fingerprint density at radius 2 is 1.98 bits per heavy atom. The third-order valence-corrected chi connectivity index (χ3v) is 11.4. The number of carbonyl (C=O) groups is 3. The normalized spacial score (nSPS) is 29.6. The fraction of sp³-hybridized carbons (Fsp3) is 0.562. The Bertz CT molecular complexity index is 1650. The molecular formula is C32H39ClN4O7S. The lowest BCUT2D eigenvalue weighted by Crippen LogP contribution is -2.54. The molecule has 5 unspecified atom stereocenters. The SMILES string of the molecule is CCOc1cc(OC2CC3C(=O)NC4(C(=O)NS(=O)(=O)C5CC5)CC4/C=C\CCCCN(C)C(=O)C3C2)c2cccc(Cl)c2n1. The second-order valence-electron chi connectivity index (χ2n) is 12.6. The van der Waals surface area contributed by atoms with Gasteiger partial charge >= 0.3 is 0 Å². The predicted molar refractivity (Wildman–Crippen MR) is 168 cm³/mol. The molecule has 0 radical (unpaired) electrons. The smallest absolute Gasteiger partial charge is 0.259 e. The second-order valence-corrected chi connectivity index (χ2v) is 15.0. The number of amides is 3. The van der Waals surface area contributed by atoms with Crippen LogP contribution in [0.1, 0.15) is 58.3 Å². The number of para-hydroxylation sites is 1. The molecule has 0 saturated heterocycles. The molecule has 3 amide bonds. The predicted octanol–water partition coefficient (Wildman–Crippen LogP) is 3.74. The summed E-state index contributed by atoms with van der Waals surface area (Å²) in [6.45, 7) is 2.80. The van der Waals surface area contributed by atoms with Gasteiger partial charge in [-0.15, -0.1) is 0 Å². The maximum absolute atomic E-state index is 14.0. The zero-order valence-corrected chi connectivity index (χ0v) is 27.0. The standard InChI is InChI=1S/C32H39ClN4O7S/c1-3-43-27-17-26(22-10-8-11-25(33)28(22)34-27)44-20-15-23-24(16-20)30(39)37(2)14-7-5-4-6-9-19-18-32(19,35-29(23)38)31(40)36-45(41,42)21-12-13-21/h6,8-11,17,19-21,23-24H,3-5,7,12-16,18H2,1-2H3,(H,35,38)(H,36,40)/b9-6-. The van der Waals surface area contributed by atoms with E-state index in [-0.39, 0.29) is 31.1 Å². The monoisotopic (exact) mass is 658 g/mol. The van der Waals surface area contributed by atoms with Crippen LogP contribution >= 0.6 is 11.6 Å². The fourth-order valence-corrected chi connectivity index (χ4v) is 8.13. The highest BCUT2D eigenvalue weighted by Crippen LogP contribution is 2.47. The molecule has 242 valence electrons. The van der Waals surface area contributed by atoms with E-state index >= 15 is 0 Å². The van der Waals surface area contributed by atoms with Crippen LogP contribution in [0.4, 0.5) is 0 Å². The van der Waals surface area contributed by atoms with Gasteiger partial charge in [0.2, 0.25) is 27.7 Å². The highest BCUT2D eigenvalue weighted by molar-refractivity contribution is 7.91.